The van der Waals surface area contributed by atoms with Crippen molar-refractivity contribution in [2.45, 2.75) is 32.1 Å². The summed E-state index contributed by atoms with van der Waals surface area (Å²) in [6.45, 7) is 1.48. The van der Waals surface area contributed by atoms with Gasteiger partial charge in [0.1, 0.15) is 41.0 Å². The van der Waals surface area contributed by atoms with Crippen LogP contribution in [-0.4, -0.2) is 60.0 Å². The van der Waals surface area contributed by atoms with E-state index in [0.29, 0.717) is 21.6 Å². The Hall–Kier alpha value is -3.15. The molecule has 0 spiro atoms. The van der Waals surface area contributed by atoms with Crippen LogP contribution in [0.15, 0.2) is 29.4 Å². The number of halogens is 2. The molecule has 30 heavy (non-hydrogen) atoms. The molecule has 12 heteroatoms. The van der Waals surface area contributed by atoms with Crippen LogP contribution in [0.3, 0.4) is 0 Å². The largest absolute Gasteiger partial charge is 0.382 e. The molecule has 0 aliphatic carbocycles. The van der Waals surface area contributed by atoms with Crippen molar-refractivity contribution in [3.8, 4) is 0 Å². The average molecular weight is 477 g/mol. The van der Waals surface area contributed by atoms with Crippen LogP contribution in [0.5, 0.6) is 0 Å². The predicted octanol–water partition coefficient (Wildman–Crippen LogP) is 1.45. The second-order valence-corrected chi connectivity index (χ2v) is 7.80. The number of aryl methyl sites for hydroxylation is 1. The topological polar surface area (TPSA) is 132 Å². The second-order valence-electron chi connectivity index (χ2n) is 6.99. The third-order valence-electron chi connectivity index (χ3n) is 4.91. The van der Waals surface area contributed by atoms with Crippen LogP contribution in [-0.2, 0) is 16.1 Å². The van der Waals surface area contributed by atoms with E-state index in [1.807, 2.05) is 0 Å². The summed E-state index contributed by atoms with van der Waals surface area (Å²) in [5.41, 5.74) is 7.28. The lowest BCUT2D eigenvalue weighted by atomic mass is 10.2. The number of alkyl halides is 1. The molecule has 3 N–H and O–H groups in total. The number of nitrogens with two attached hydrogens (primary N) is 1. The minimum absolute atomic E-state index is 0.0789. The number of nitrogens with one attached hydrogen (secondary N) is 1. The quantitative estimate of drug-likeness (QED) is 0.544. The van der Waals surface area contributed by atoms with E-state index in [2.05, 4.69) is 41.2 Å². The van der Waals surface area contributed by atoms with Gasteiger partial charge in [0.15, 0.2) is 11.5 Å². The van der Waals surface area contributed by atoms with E-state index in [-0.39, 0.29) is 25.3 Å². The summed E-state index contributed by atoms with van der Waals surface area (Å²) in [5.74, 6) is -0.354. The van der Waals surface area contributed by atoms with E-state index in [1.165, 1.54) is 22.1 Å². The number of likely N-dealkylation sites (tertiary alicyclic amines) is 1. The zero-order valence-electron chi connectivity index (χ0n) is 15.9. The summed E-state index contributed by atoms with van der Waals surface area (Å²) in [6.07, 6.45) is 1.32. The maximum Gasteiger partial charge on any atom is 0.248 e. The van der Waals surface area contributed by atoms with E-state index in [9.17, 15) is 14.0 Å². The van der Waals surface area contributed by atoms with Crippen LogP contribution in [0.2, 0.25) is 0 Å². The number of carbonyl (C=O) groups excluding carboxylic acids is 2. The molecule has 1 aliphatic rings. The van der Waals surface area contributed by atoms with Crippen molar-refractivity contribution in [1.82, 2.24) is 29.4 Å². The van der Waals surface area contributed by atoms with Crippen molar-refractivity contribution >= 4 is 50.5 Å². The molecule has 0 saturated carbocycles. The highest BCUT2D eigenvalue weighted by molar-refractivity contribution is 9.10. The Morgan fingerprint density at radius 1 is 1.33 bits per heavy atom. The Morgan fingerprint density at radius 2 is 2.13 bits per heavy atom. The number of rotatable bonds is 4. The summed E-state index contributed by atoms with van der Waals surface area (Å²) >= 11 is 3.26. The predicted molar refractivity (Wildman–Crippen MR) is 110 cm³/mol. The summed E-state index contributed by atoms with van der Waals surface area (Å²) in [6, 6.07) is 2.60. The molecular formula is C18H18BrFN8O2. The van der Waals surface area contributed by atoms with Crippen LogP contribution in [0.25, 0.3) is 11.2 Å². The van der Waals surface area contributed by atoms with Crippen LogP contribution < -0.4 is 11.1 Å². The molecule has 0 bridgehead atoms. The van der Waals surface area contributed by atoms with E-state index in [1.54, 1.807) is 19.1 Å². The van der Waals surface area contributed by atoms with Gasteiger partial charge >= 0.3 is 0 Å². The standard InChI is InChI=1S/C18H18BrFN8O2/c1-9-2-3-12(19)25-16(9)26-18(30)11-4-10(20)5-28(11)13(29)6-27-8-24-14-15(21)22-7-23-17(14)27/h2-3,7-8,10-11H,4-6H2,1H3,(H2,21,22,23)(H,25,26,30)/t10-,11-/m1/s1. The van der Waals surface area contributed by atoms with Crippen LogP contribution in [0, 0.1) is 6.92 Å². The molecule has 1 aliphatic heterocycles. The monoisotopic (exact) mass is 476 g/mol. The molecule has 1 saturated heterocycles. The lowest BCUT2D eigenvalue weighted by Gasteiger charge is -2.24. The number of carbonyl (C=O) groups is 2. The first-order valence-corrected chi connectivity index (χ1v) is 9.91. The number of fused-ring (bicyclic) bond motifs is 1. The van der Waals surface area contributed by atoms with Gasteiger partial charge in [0.25, 0.3) is 0 Å². The summed E-state index contributed by atoms with van der Waals surface area (Å²) in [7, 11) is 0. The van der Waals surface area contributed by atoms with E-state index in [0.717, 1.165) is 5.56 Å². The number of hydrogen-bond donors (Lipinski definition) is 2. The van der Waals surface area contributed by atoms with Crippen LogP contribution in [0.1, 0.15) is 12.0 Å². The summed E-state index contributed by atoms with van der Waals surface area (Å²) in [5, 5.41) is 2.70. The molecule has 0 unspecified atom stereocenters. The molecule has 156 valence electrons. The second kappa shape index (κ2) is 7.94. The number of aromatic nitrogens is 5. The van der Waals surface area contributed by atoms with E-state index < -0.39 is 24.0 Å². The Labute approximate surface area is 178 Å². The van der Waals surface area contributed by atoms with Crippen molar-refractivity contribution in [3.63, 3.8) is 0 Å². The normalized spacial score (nSPS) is 18.7. The fourth-order valence-electron chi connectivity index (χ4n) is 3.39. The fourth-order valence-corrected chi connectivity index (χ4v) is 3.70. The summed E-state index contributed by atoms with van der Waals surface area (Å²) in [4.78, 5) is 43.3. The van der Waals surface area contributed by atoms with E-state index >= 15 is 0 Å². The van der Waals surface area contributed by atoms with Gasteiger partial charge in [-0.3, -0.25) is 9.59 Å². The molecule has 10 nitrogen and oxygen atoms in total. The van der Waals surface area contributed by atoms with Gasteiger partial charge in [0, 0.05) is 6.42 Å². The highest BCUT2D eigenvalue weighted by atomic mass is 79.9. The SMILES string of the molecule is Cc1ccc(Br)nc1NC(=O)[C@H]1C[C@@H](F)CN1C(=O)Cn1cnc2c(N)ncnc21. The number of nitrogen functional groups attached to an aromatic ring is 1. The first-order valence-electron chi connectivity index (χ1n) is 9.12. The number of hydrogen-bond acceptors (Lipinski definition) is 7. The van der Waals surface area contributed by atoms with Crippen molar-refractivity contribution in [1.29, 1.82) is 0 Å². The van der Waals surface area contributed by atoms with Gasteiger partial charge in [-0.25, -0.2) is 24.3 Å². The zero-order valence-corrected chi connectivity index (χ0v) is 17.5. The number of amides is 2. The Balaban J connectivity index is 1.53. The van der Waals surface area contributed by atoms with Gasteiger partial charge in [0.05, 0.1) is 12.9 Å². The van der Waals surface area contributed by atoms with Gasteiger partial charge in [-0.1, -0.05) is 6.07 Å². The first-order chi connectivity index (χ1) is 14.3. The van der Waals surface area contributed by atoms with Gasteiger partial charge in [-0.2, -0.15) is 0 Å². The van der Waals surface area contributed by atoms with Crippen molar-refractivity contribution in [3.05, 3.63) is 35.0 Å². The molecule has 0 radical (unpaired) electrons. The molecule has 2 atom stereocenters. The molecule has 4 rings (SSSR count). The Bertz CT molecular complexity index is 1140. The lowest BCUT2D eigenvalue weighted by molar-refractivity contribution is -0.137. The highest BCUT2D eigenvalue weighted by Gasteiger charge is 2.40. The van der Waals surface area contributed by atoms with Gasteiger partial charge in [0.2, 0.25) is 11.8 Å². The molecule has 1 fully saturated rings. The minimum Gasteiger partial charge on any atom is -0.382 e. The fraction of sp³-hybridized carbons (Fsp3) is 0.333. The van der Waals surface area contributed by atoms with Crippen molar-refractivity contribution in [2.75, 3.05) is 17.6 Å². The molecule has 4 heterocycles. The smallest absolute Gasteiger partial charge is 0.248 e. The van der Waals surface area contributed by atoms with Crippen LogP contribution >= 0.6 is 15.9 Å². The Kier molecular flexibility index (Phi) is 5.33. The van der Waals surface area contributed by atoms with Crippen molar-refractivity contribution < 1.29 is 14.0 Å². The van der Waals surface area contributed by atoms with Crippen LogP contribution in [0.4, 0.5) is 16.0 Å². The van der Waals surface area contributed by atoms with Gasteiger partial charge in [-0.05, 0) is 34.5 Å². The number of anilines is 2. The van der Waals surface area contributed by atoms with Gasteiger partial charge in [-0.15, -0.1) is 0 Å². The molecular weight excluding hydrogens is 459 g/mol. The molecule has 2 amide bonds. The third-order valence-corrected chi connectivity index (χ3v) is 5.35. The Morgan fingerprint density at radius 3 is 2.93 bits per heavy atom. The average Bonchev–Trinajstić information content (AvgIpc) is 3.29. The maximum absolute atomic E-state index is 14.2. The molecule has 3 aromatic heterocycles. The zero-order chi connectivity index (χ0) is 21.4. The number of nitrogens with zero attached hydrogens (tertiary/aromatic N) is 6. The number of imidazole rings is 1. The van der Waals surface area contributed by atoms with Crippen molar-refractivity contribution in [2.24, 2.45) is 0 Å². The summed E-state index contributed by atoms with van der Waals surface area (Å²) < 4.78 is 16.2. The third kappa shape index (κ3) is 3.82. The minimum atomic E-state index is -1.29. The molecule has 3 aromatic rings. The molecule has 0 aromatic carbocycles. The maximum atomic E-state index is 14.2. The van der Waals surface area contributed by atoms with Gasteiger partial charge < -0.3 is 20.5 Å². The lowest BCUT2D eigenvalue weighted by Crippen LogP contribution is -2.44. The first kappa shape index (κ1) is 20.1. The highest BCUT2D eigenvalue weighted by Crippen LogP contribution is 2.24. The van der Waals surface area contributed by atoms with E-state index in [4.69, 9.17) is 5.73 Å². The number of pyridine rings is 1.